The molecular weight excluding hydrogens is 208 g/mol. The number of benzene rings is 1. The number of para-hydroxylation sites is 2. The summed E-state index contributed by atoms with van der Waals surface area (Å²) in [7, 11) is 0. The maximum absolute atomic E-state index is 4.65. The Hall–Kier alpha value is -1.31. The minimum atomic E-state index is 0.774. The lowest BCUT2D eigenvalue weighted by molar-refractivity contribution is 0.442. The minimum absolute atomic E-state index is 0.774. The van der Waals surface area contributed by atoms with Crippen LogP contribution in [0.25, 0.3) is 11.0 Å². The van der Waals surface area contributed by atoms with Gasteiger partial charge in [-0.1, -0.05) is 51.7 Å². The number of rotatable bonds is 6. The van der Waals surface area contributed by atoms with Gasteiger partial charge in [0.25, 0.3) is 0 Å². The van der Waals surface area contributed by atoms with Gasteiger partial charge in [0.1, 0.15) is 5.82 Å². The van der Waals surface area contributed by atoms with Gasteiger partial charge in [0, 0.05) is 6.42 Å². The van der Waals surface area contributed by atoms with Crippen molar-refractivity contribution in [3.63, 3.8) is 0 Å². The Bertz CT molecular complexity index is 426. The summed E-state index contributed by atoms with van der Waals surface area (Å²) in [6, 6.07) is 8.27. The largest absolute Gasteiger partial charge is 0.342 e. The lowest BCUT2D eigenvalue weighted by Crippen LogP contribution is -2.04. The number of H-pyrrole nitrogens is 1. The fraction of sp³-hybridized carbons (Fsp3) is 0.533. The summed E-state index contributed by atoms with van der Waals surface area (Å²) in [6.07, 6.45) is 6.28. The maximum atomic E-state index is 4.65. The zero-order valence-electron chi connectivity index (χ0n) is 10.9. The van der Waals surface area contributed by atoms with Gasteiger partial charge < -0.3 is 4.98 Å². The van der Waals surface area contributed by atoms with Gasteiger partial charge in [-0.05, 0) is 18.1 Å². The van der Waals surface area contributed by atoms with Crippen molar-refractivity contribution >= 4 is 11.0 Å². The van der Waals surface area contributed by atoms with E-state index in [9.17, 15) is 0 Å². The van der Waals surface area contributed by atoms with Crippen LogP contribution in [0.4, 0.5) is 0 Å². The van der Waals surface area contributed by atoms with Crippen molar-refractivity contribution in [3.05, 3.63) is 30.1 Å². The molecule has 0 bridgehead atoms. The van der Waals surface area contributed by atoms with Gasteiger partial charge >= 0.3 is 0 Å². The molecule has 0 fully saturated rings. The number of fused-ring (bicyclic) bond motifs is 1. The van der Waals surface area contributed by atoms with E-state index in [-0.39, 0.29) is 0 Å². The highest BCUT2D eigenvalue weighted by Gasteiger charge is 2.10. The molecule has 2 rings (SSSR count). The van der Waals surface area contributed by atoms with Crippen LogP contribution < -0.4 is 0 Å². The molecule has 1 N–H and O–H groups in total. The van der Waals surface area contributed by atoms with Crippen LogP contribution in [0.15, 0.2) is 24.3 Å². The predicted molar refractivity (Wildman–Crippen MR) is 73.1 cm³/mol. The van der Waals surface area contributed by atoms with Gasteiger partial charge in [0.15, 0.2) is 0 Å². The number of nitrogens with zero attached hydrogens (tertiary/aromatic N) is 1. The van der Waals surface area contributed by atoms with E-state index in [1.54, 1.807) is 0 Å². The molecule has 1 aromatic heterocycles. The van der Waals surface area contributed by atoms with E-state index in [4.69, 9.17) is 0 Å². The molecule has 2 aromatic rings. The van der Waals surface area contributed by atoms with Gasteiger partial charge in [-0.3, -0.25) is 0 Å². The summed E-state index contributed by atoms with van der Waals surface area (Å²) in [5.74, 6) is 1.92. The minimum Gasteiger partial charge on any atom is -0.342 e. The second-order valence-corrected chi connectivity index (χ2v) is 4.82. The number of aromatic nitrogens is 2. The zero-order valence-corrected chi connectivity index (χ0v) is 10.9. The van der Waals surface area contributed by atoms with Crippen molar-refractivity contribution in [2.45, 2.75) is 46.0 Å². The molecule has 0 saturated carbocycles. The average Bonchev–Trinajstić information content (AvgIpc) is 2.76. The van der Waals surface area contributed by atoms with E-state index in [2.05, 4.69) is 42.0 Å². The van der Waals surface area contributed by atoms with Crippen molar-refractivity contribution in [2.75, 3.05) is 0 Å². The Morgan fingerprint density at radius 1 is 1.24 bits per heavy atom. The first-order valence-corrected chi connectivity index (χ1v) is 6.77. The summed E-state index contributed by atoms with van der Waals surface area (Å²) in [5, 5.41) is 0. The Morgan fingerprint density at radius 3 is 2.76 bits per heavy atom. The first-order valence-electron chi connectivity index (χ1n) is 6.77. The van der Waals surface area contributed by atoms with Crippen LogP contribution in [0.1, 0.15) is 45.4 Å². The van der Waals surface area contributed by atoms with Gasteiger partial charge in [0.05, 0.1) is 11.0 Å². The lowest BCUT2D eigenvalue weighted by atomic mass is 9.96. The number of aromatic amines is 1. The molecule has 0 saturated heterocycles. The quantitative estimate of drug-likeness (QED) is 0.786. The van der Waals surface area contributed by atoms with E-state index in [0.29, 0.717) is 0 Å². The summed E-state index contributed by atoms with van der Waals surface area (Å²) < 4.78 is 0. The molecule has 0 aliphatic carbocycles. The van der Waals surface area contributed by atoms with Crippen LogP contribution >= 0.6 is 0 Å². The molecule has 0 spiro atoms. The summed E-state index contributed by atoms with van der Waals surface area (Å²) in [4.78, 5) is 8.08. The highest BCUT2D eigenvalue weighted by molar-refractivity contribution is 5.74. The third kappa shape index (κ3) is 3.09. The maximum Gasteiger partial charge on any atom is 0.107 e. The van der Waals surface area contributed by atoms with Gasteiger partial charge in [-0.25, -0.2) is 4.98 Å². The van der Waals surface area contributed by atoms with Crippen molar-refractivity contribution in [3.8, 4) is 0 Å². The van der Waals surface area contributed by atoms with Gasteiger partial charge in [0.2, 0.25) is 0 Å². The number of imidazole rings is 1. The van der Waals surface area contributed by atoms with E-state index in [1.807, 2.05) is 6.07 Å². The molecule has 1 heterocycles. The zero-order chi connectivity index (χ0) is 12.1. The third-order valence-electron chi connectivity index (χ3n) is 3.46. The molecule has 1 unspecified atom stereocenters. The fourth-order valence-electron chi connectivity index (χ4n) is 2.32. The van der Waals surface area contributed by atoms with Crippen LogP contribution in [0, 0.1) is 5.92 Å². The Labute approximate surface area is 103 Å². The molecule has 0 radical (unpaired) electrons. The normalized spacial score (nSPS) is 13.1. The molecule has 0 amide bonds. The monoisotopic (exact) mass is 230 g/mol. The van der Waals surface area contributed by atoms with Crippen molar-refractivity contribution in [2.24, 2.45) is 5.92 Å². The van der Waals surface area contributed by atoms with E-state index >= 15 is 0 Å². The molecular formula is C15H22N2. The SMILES string of the molecule is CCCCC(CC)Cc1nc2ccccc2[nH]1. The average molecular weight is 230 g/mol. The molecule has 92 valence electrons. The van der Waals surface area contributed by atoms with Crippen molar-refractivity contribution < 1.29 is 0 Å². The van der Waals surface area contributed by atoms with Crippen LogP contribution in [-0.2, 0) is 6.42 Å². The van der Waals surface area contributed by atoms with Crippen LogP contribution in [0.5, 0.6) is 0 Å². The molecule has 17 heavy (non-hydrogen) atoms. The molecule has 2 nitrogen and oxygen atoms in total. The molecule has 2 heteroatoms. The standard InChI is InChI=1S/C15H22N2/c1-3-5-8-12(4-2)11-15-16-13-9-6-7-10-14(13)17-15/h6-7,9-10,12H,3-5,8,11H2,1-2H3,(H,16,17). The number of hydrogen-bond acceptors (Lipinski definition) is 1. The Morgan fingerprint density at radius 2 is 2.06 bits per heavy atom. The first-order chi connectivity index (χ1) is 8.33. The van der Waals surface area contributed by atoms with Crippen molar-refractivity contribution in [1.29, 1.82) is 0 Å². The topological polar surface area (TPSA) is 28.7 Å². The van der Waals surface area contributed by atoms with Crippen molar-refractivity contribution in [1.82, 2.24) is 9.97 Å². The highest BCUT2D eigenvalue weighted by atomic mass is 14.9. The Balaban J connectivity index is 2.06. The van der Waals surface area contributed by atoms with E-state index < -0.39 is 0 Å². The summed E-state index contributed by atoms with van der Waals surface area (Å²) in [6.45, 7) is 4.54. The van der Waals surface area contributed by atoms with Gasteiger partial charge in [-0.2, -0.15) is 0 Å². The summed E-state index contributed by atoms with van der Waals surface area (Å²) >= 11 is 0. The third-order valence-corrected chi connectivity index (χ3v) is 3.46. The number of unbranched alkanes of at least 4 members (excludes halogenated alkanes) is 1. The molecule has 0 aliphatic rings. The highest BCUT2D eigenvalue weighted by Crippen LogP contribution is 2.19. The smallest absolute Gasteiger partial charge is 0.107 e. The van der Waals surface area contributed by atoms with E-state index in [1.165, 1.54) is 25.7 Å². The summed E-state index contributed by atoms with van der Waals surface area (Å²) in [5.41, 5.74) is 2.25. The molecule has 1 atom stereocenters. The first kappa shape index (κ1) is 12.2. The number of hydrogen-bond donors (Lipinski definition) is 1. The fourth-order valence-corrected chi connectivity index (χ4v) is 2.32. The van der Waals surface area contributed by atoms with Crippen LogP contribution in [-0.4, -0.2) is 9.97 Å². The number of nitrogens with one attached hydrogen (secondary N) is 1. The molecule has 0 aliphatic heterocycles. The second kappa shape index (κ2) is 5.85. The Kier molecular flexibility index (Phi) is 4.18. The second-order valence-electron chi connectivity index (χ2n) is 4.82. The predicted octanol–water partition coefficient (Wildman–Crippen LogP) is 4.32. The molecule has 1 aromatic carbocycles. The van der Waals surface area contributed by atoms with Crippen LogP contribution in [0.2, 0.25) is 0 Å². The van der Waals surface area contributed by atoms with Crippen LogP contribution in [0.3, 0.4) is 0 Å². The van der Waals surface area contributed by atoms with Gasteiger partial charge in [-0.15, -0.1) is 0 Å². The van der Waals surface area contributed by atoms with E-state index in [0.717, 1.165) is 29.2 Å². The lowest BCUT2D eigenvalue weighted by Gasteiger charge is -2.12.